The first-order valence-corrected chi connectivity index (χ1v) is 7.03. The van der Waals surface area contributed by atoms with E-state index in [2.05, 4.69) is 0 Å². The molecular formula is C15H22O4. The van der Waals surface area contributed by atoms with E-state index in [1.54, 1.807) is 6.92 Å². The van der Waals surface area contributed by atoms with Crippen LogP contribution in [-0.2, 0) is 4.79 Å². The van der Waals surface area contributed by atoms with Crippen LogP contribution in [0.25, 0.3) is 0 Å². The number of aliphatic carboxylic acids is 1. The molecule has 4 rings (SSSR count). The van der Waals surface area contributed by atoms with Crippen LogP contribution in [0, 0.1) is 11.3 Å². The van der Waals surface area contributed by atoms with Crippen LogP contribution < -0.4 is 0 Å². The van der Waals surface area contributed by atoms with Crippen LogP contribution >= 0.6 is 0 Å². The number of carboxylic acid groups (broad SMARTS) is 1. The smallest absolute Gasteiger partial charge is 0.331 e. The van der Waals surface area contributed by atoms with Crippen molar-refractivity contribution >= 4 is 5.97 Å². The zero-order valence-electron chi connectivity index (χ0n) is 11.6. The molecule has 0 heterocycles. The van der Waals surface area contributed by atoms with Crippen molar-refractivity contribution in [2.45, 2.75) is 63.6 Å². The Bertz CT molecular complexity index is 461. The first-order valence-electron chi connectivity index (χ1n) is 7.03. The molecule has 0 aliphatic heterocycles. The van der Waals surface area contributed by atoms with Gasteiger partial charge < -0.3 is 15.3 Å². The van der Waals surface area contributed by atoms with Gasteiger partial charge in [-0.3, -0.25) is 0 Å². The lowest BCUT2D eigenvalue weighted by atomic mass is 9.44. The van der Waals surface area contributed by atoms with E-state index in [1.807, 2.05) is 6.92 Å². The van der Waals surface area contributed by atoms with Crippen LogP contribution in [0.5, 0.6) is 0 Å². The molecule has 0 aromatic rings. The van der Waals surface area contributed by atoms with Crippen molar-refractivity contribution in [3.63, 3.8) is 0 Å². The predicted molar refractivity (Wildman–Crippen MR) is 69.5 cm³/mol. The highest BCUT2D eigenvalue weighted by molar-refractivity contribution is 5.87. The van der Waals surface area contributed by atoms with Crippen LogP contribution in [0.3, 0.4) is 0 Å². The van der Waals surface area contributed by atoms with Crippen LogP contribution in [0.1, 0.15) is 52.4 Å². The van der Waals surface area contributed by atoms with Gasteiger partial charge in [-0.05, 0) is 57.3 Å². The van der Waals surface area contributed by atoms with Crippen molar-refractivity contribution in [1.82, 2.24) is 0 Å². The molecule has 19 heavy (non-hydrogen) atoms. The van der Waals surface area contributed by atoms with E-state index in [4.69, 9.17) is 0 Å². The Balaban J connectivity index is 2.06. The minimum atomic E-state index is -0.896. The molecule has 4 aliphatic rings. The fourth-order valence-electron chi connectivity index (χ4n) is 5.31. The average molecular weight is 266 g/mol. The Labute approximate surface area is 113 Å². The number of rotatable bonds is 2. The Hall–Kier alpha value is -0.870. The summed E-state index contributed by atoms with van der Waals surface area (Å²) in [4.78, 5) is 11.2. The van der Waals surface area contributed by atoms with Gasteiger partial charge in [0.25, 0.3) is 0 Å². The molecule has 0 spiro atoms. The number of aliphatic hydroxyl groups is 2. The van der Waals surface area contributed by atoms with Gasteiger partial charge in [-0.15, -0.1) is 0 Å². The fourth-order valence-corrected chi connectivity index (χ4v) is 5.31. The maximum atomic E-state index is 11.2. The van der Waals surface area contributed by atoms with Gasteiger partial charge in [0.2, 0.25) is 0 Å². The zero-order chi connectivity index (χ0) is 14.1. The van der Waals surface area contributed by atoms with Gasteiger partial charge in [-0.25, -0.2) is 4.79 Å². The molecular weight excluding hydrogens is 244 g/mol. The third kappa shape index (κ3) is 1.84. The second kappa shape index (κ2) is 3.61. The highest BCUT2D eigenvalue weighted by Crippen LogP contribution is 2.65. The molecule has 4 nitrogen and oxygen atoms in total. The highest BCUT2D eigenvalue weighted by atomic mass is 16.4. The number of carbonyl (C=O) groups is 1. The second-order valence-electron chi connectivity index (χ2n) is 7.29. The minimum Gasteiger partial charge on any atom is -0.478 e. The minimum absolute atomic E-state index is 0.314. The first kappa shape index (κ1) is 13.1. The maximum absolute atomic E-state index is 11.2. The Morgan fingerprint density at radius 1 is 1.00 bits per heavy atom. The van der Waals surface area contributed by atoms with Crippen molar-refractivity contribution in [2.24, 2.45) is 11.3 Å². The Kier molecular flexibility index (Phi) is 2.50. The summed E-state index contributed by atoms with van der Waals surface area (Å²) >= 11 is 0. The van der Waals surface area contributed by atoms with E-state index in [0.717, 1.165) is 24.8 Å². The third-order valence-electron chi connectivity index (χ3n) is 5.69. The molecule has 0 aromatic heterocycles. The van der Waals surface area contributed by atoms with Crippen molar-refractivity contribution in [3.05, 3.63) is 11.1 Å². The molecule has 0 radical (unpaired) electrons. The molecule has 4 aliphatic carbocycles. The SMILES string of the molecule is CC(C(=O)O)=C(C)C12CC3CC(O)(CC(O)(C3)C1)C2. The summed E-state index contributed by atoms with van der Waals surface area (Å²) in [6, 6.07) is 0. The molecule has 4 fully saturated rings. The lowest BCUT2D eigenvalue weighted by Gasteiger charge is -2.64. The largest absolute Gasteiger partial charge is 0.478 e. The molecule has 4 heteroatoms. The van der Waals surface area contributed by atoms with Gasteiger partial charge in [0, 0.05) is 12.0 Å². The molecule has 0 saturated heterocycles. The van der Waals surface area contributed by atoms with E-state index < -0.39 is 17.2 Å². The van der Waals surface area contributed by atoms with Crippen LogP contribution in [0.15, 0.2) is 11.1 Å². The van der Waals surface area contributed by atoms with Crippen molar-refractivity contribution in [2.75, 3.05) is 0 Å². The van der Waals surface area contributed by atoms with Gasteiger partial charge in [-0.2, -0.15) is 0 Å². The first-order chi connectivity index (χ1) is 8.67. The normalized spacial score (nSPS) is 49.2. The van der Waals surface area contributed by atoms with E-state index in [1.165, 1.54) is 0 Å². The average Bonchev–Trinajstić information content (AvgIpc) is 2.21. The molecule has 2 atom stereocenters. The lowest BCUT2D eigenvalue weighted by Crippen LogP contribution is -2.63. The van der Waals surface area contributed by atoms with Crippen molar-refractivity contribution < 1.29 is 20.1 Å². The molecule has 3 N–H and O–H groups in total. The standard InChI is InChI=1S/C15H22O4/c1-9(12(16)17)10(2)13-3-11-4-14(18,6-13)8-15(19,5-11)7-13/h11,18-19H,3-8H2,1-2H3,(H,16,17). The summed E-state index contributed by atoms with van der Waals surface area (Å²) < 4.78 is 0. The summed E-state index contributed by atoms with van der Waals surface area (Å²) in [5, 5.41) is 30.5. The van der Waals surface area contributed by atoms with Gasteiger partial charge in [0.1, 0.15) is 0 Å². The van der Waals surface area contributed by atoms with Crippen molar-refractivity contribution in [3.8, 4) is 0 Å². The summed E-state index contributed by atoms with van der Waals surface area (Å²) in [6.07, 6.45) is 4.10. The maximum Gasteiger partial charge on any atom is 0.331 e. The summed E-state index contributed by atoms with van der Waals surface area (Å²) in [6.45, 7) is 3.49. The quantitative estimate of drug-likeness (QED) is 0.667. The topological polar surface area (TPSA) is 77.8 Å². The molecule has 106 valence electrons. The van der Waals surface area contributed by atoms with Crippen molar-refractivity contribution in [1.29, 1.82) is 0 Å². The third-order valence-corrected chi connectivity index (χ3v) is 5.69. The van der Waals surface area contributed by atoms with E-state index in [9.17, 15) is 20.1 Å². The van der Waals surface area contributed by atoms with Gasteiger partial charge in [0.05, 0.1) is 11.2 Å². The molecule has 0 aromatic carbocycles. The summed E-state index contributed by atoms with van der Waals surface area (Å²) in [5.74, 6) is -0.574. The predicted octanol–water partition coefficient (Wildman–Crippen LogP) is 1.85. The van der Waals surface area contributed by atoms with E-state index >= 15 is 0 Å². The number of hydrogen-bond acceptors (Lipinski definition) is 3. The number of hydrogen-bond donors (Lipinski definition) is 3. The Morgan fingerprint density at radius 2 is 1.53 bits per heavy atom. The molecule has 4 saturated carbocycles. The Morgan fingerprint density at radius 3 is 1.95 bits per heavy atom. The molecule has 2 unspecified atom stereocenters. The fraction of sp³-hybridized carbons (Fsp3) is 0.800. The lowest BCUT2D eigenvalue weighted by molar-refractivity contribution is -0.220. The summed E-state index contributed by atoms with van der Waals surface area (Å²) in [5.41, 5.74) is -0.691. The number of carboxylic acids is 1. The van der Waals surface area contributed by atoms with Gasteiger partial charge in [0.15, 0.2) is 0 Å². The van der Waals surface area contributed by atoms with Crippen LogP contribution in [0.2, 0.25) is 0 Å². The summed E-state index contributed by atoms with van der Waals surface area (Å²) in [7, 11) is 0. The molecule has 4 bridgehead atoms. The van der Waals surface area contributed by atoms with E-state index in [-0.39, 0.29) is 5.41 Å². The van der Waals surface area contributed by atoms with Gasteiger partial charge in [-0.1, -0.05) is 5.57 Å². The second-order valence-corrected chi connectivity index (χ2v) is 7.29. The zero-order valence-corrected chi connectivity index (χ0v) is 11.6. The number of allylic oxidation sites excluding steroid dienone is 1. The van der Waals surface area contributed by atoms with Crippen LogP contribution in [-0.4, -0.2) is 32.5 Å². The van der Waals surface area contributed by atoms with Gasteiger partial charge >= 0.3 is 5.97 Å². The van der Waals surface area contributed by atoms with E-state index in [0.29, 0.717) is 30.8 Å². The highest BCUT2D eigenvalue weighted by Gasteiger charge is 2.63. The van der Waals surface area contributed by atoms with Crippen LogP contribution in [0.4, 0.5) is 0 Å². The molecule has 0 amide bonds. The monoisotopic (exact) mass is 266 g/mol.